The van der Waals surface area contributed by atoms with Crippen molar-refractivity contribution in [3.05, 3.63) is 102 Å². The lowest BCUT2D eigenvalue weighted by molar-refractivity contribution is 0.0185. The summed E-state index contributed by atoms with van der Waals surface area (Å²) in [5.41, 5.74) is 5.88. The number of aliphatic hydroxyl groups is 2. The van der Waals surface area contributed by atoms with Gasteiger partial charge < -0.3 is 24.8 Å². The largest absolute Gasteiger partial charge is 0.449 e. The van der Waals surface area contributed by atoms with Crippen LogP contribution in [0.2, 0.25) is 0 Å². The first-order valence-electron chi connectivity index (χ1n) is 11.1. The smallest absolute Gasteiger partial charge is 0.407 e. The maximum atomic E-state index is 12.3. The second-order valence-electron chi connectivity index (χ2n) is 8.22. The fourth-order valence-electron chi connectivity index (χ4n) is 4.38. The van der Waals surface area contributed by atoms with Crippen LogP contribution >= 0.6 is 0 Å². The summed E-state index contributed by atoms with van der Waals surface area (Å²) < 4.78 is 10.6. The van der Waals surface area contributed by atoms with Gasteiger partial charge in [0.1, 0.15) is 18.8 Å². The Morgan fingerprint density at radius 3 is 2.21 bits per heavy atom. The van der Waals surface area contributed by atoms with Crippen LogP contribution in [0.25, 0.3) is 22.5 Å². The number of rotatable bonds is 7. The standard InChI is InChI=1S/C27H24N2O5/c30-24(26(31)18-11-9-17(10-12-18)25-13-14-29-34-25)15-28-27(32)33-16-23-21-7-3-1-5-19(21)20-6-2-4-8-22(20)23/h1-14,23-24,26,30-31H,15-16H2,(H,28,32). The minimum absolute atomic E-state index is 0.0449. The minimum atomic E-state index is -1.20. The molecule has 1 aromatic heterocycles. The molecule has 2 unspecified atom stereocenters. The van der Waals surface area contributed by atoms with Crippen molar-refractivity contribution >= 4 is 6.09 Å². The van der Waals surface area contributed by atoms with Crippen molar-refractivity contribution in [2.24, 2.45) is 0 Å². The van der Waals surface area contributed by atoms with E-state index in [-0.39, 0.29) is 19.1 Å². The molecule has 0 radical (unpaired) electrons. The van der Waals surface area contributed by atoms with E-state index in [0.29, 0.717) is 11.3 Å². The van der Waals surface area contributed by atoms with Crippen LogP contribution in [0.3, 0.4) is 0 Å². The predicted octanol–water partition coefficient (Wildman–Crippen LogP) is 4.27. The summed E-state index contributed by atoms with van der Waals surface area (Å²) in [6.07, 6.45) is -1.46. The van der Waals surface area contributed by atoms with Crippen molar-refractivity contribution in [2.75, 3.05) is 13.2 Å². The highest BCUT2D eigenvalue weighted by molar-refractivity contribution is 5.79. The minimum Gasteiger partial charge on any atom is -0.449 e. The number of fused-ring (bicyclic) bond motifs is 3. The van der Waals surface area contributed by atoms with Gasteiger partial charge in [-0.1, -0.05) is 78.0 Å². The van der Waals surface area contributed by atoms with E-state index in [2.05, 4.69) is 34.7 Å². The van der Waals surface area contributed by atoms with Crippen LogP contribution in [0.5, 0.6) is 0 Å². The van der Waals surface area contributed by atoms with Crippen molar-refractivity contribution in [1.82, 2.24) is 10.5 Å². The third-order valence-electron chi connectivity index (χ3n) is 6.14. The number of hydrogen-bond donors (Lipinski definition) is 3. The predicted molar refractivity (Wildman–Crippen MR) is 126 cm³/mol. The summed E-state index contributed by atoms with van der Waals surface area (Å²) in [5.74, 6) is 0.565. The third-order valence-corrected chi connectivity index (χ3v) is 6.14. The lowest BCUT2D eigenvalue weighted by Gasteiger charge is -2.19. The molecule has 0 spiro atoms. The summed E-state index contributed by atoms with van der Waals surface area (Å²) in [4.78, 5) is 12.3. The molecular weight excluding hydrogens is 432 g/mol. The van der Waals surface area contributed by atoms with E-state index in [0.717, 1.165) is 27.8 Å². The molecule has 1 heterocycles. The maximum Gasteiger partial charge on any atom is 0.407 e. The topological polar surface area (TPSA) is 105 Å². The van der Waals surface area contributed by atoms with Gasteiger partial charge in [-0.15, -0.1) is 0 Å². The van der Waals surface area contributed by atoms with Crippen LogP contribution in [-0.4, -0.2) is 40.7 Å². The number of alkyl carbamates (subject to hydrolysis) is 1. The van der Waals surface area contributed by atoms with E-state index in [1.54, 1.807) is 36.5 Å². The molecule has 0 bridgehead atoms. The summed E-state index contributed by atoms with van der Waals surface area (Å²) in [5, 5.41) is 27.0. The summed E-state index contributed by atoms with van der Waals surface area (Å²) in [6.45, 7) is 0.0311. The molecule has 1 aliphatic rings. The molecular formula is C27H24N2O5. The molecule has 34 heavy (non-hydrogen) atoms. The molecule has 2 atom stereocenters. The number of benzene rings is 3. The van der Waals surface area contributed by atoms with Crippen LogP contribution in [0.1, 0.15) is 28.7 Å². The Balaban J connectivity index is 1.15. The van der Waals surface area contributed by atoms with Gasteiger partial charge in [0, 0.05) is 24.1 Å². The van der Waals surface area contributed by atoms with Gasteiger partial charge in [-0.3, -0.25) is 0 Å². The fourth-order valence-corrected chi connectivity index (χ4v) is 4.38. The monoisotopic (exact) mass is 456 g/mol. The zero-order chi connectivity index (χ0) is 23.5. The molecule has 7 nitrogen and oxygen atoms in total. The molecule has 7 heteroatoms. The van der Waals surface area contributed by atoms with Crippen LogP contribution in [0.4, 0.5) is 4.79 Å². The second kappa shape index (κ2) is 9.51. The lowest BCUT2D eigenvalue weighted by atomic mass is 9.98. The third kappa shape index (κ3) is 4.31. The van der Waals surface area contributed by atoms with Crippen LogP contribution in [0.15, 0.2) is 89.6 Å². The highest BCUT2D eigenvalue weighted by Crippen LogP contribution is 2.44. The zero-order valence-corrected chi connectivity index (χ0v) is 18.3. The quantitative estimate of drug-likeness (QED) is 0.384. The maximum absolute atomic E-state index is 12.3. The molecule has 0 aliphatic heterocycles. The normalized spacial score (nSPS) is 14.2. The SMILES string of the molecule is O=C(NCC(O)C(O)c1ccc(-c2ccno2)cc1)OCC1c2ccccc2-c2ccccc21. The molecule has 1 amide bonds. The number of nitrogens with one attached hydrogen (secondary N) is 1. The molecule has 172 valence electrons. The Morgan fingerprint density at radius 2 is 1.59 bits per heavy atom. The number of aliphatic hydroxyl groups excluding tert-OH is 2. The average Bonchev–Trinajstić information content (AvgIpc) is 3.53. The van der Waals surface area contributed by atoms with E-state index in [1.807, 2.05) is 24.3 Å². The Labute approximate surface area is 196 Å². The summed E-state index contributed by atoms with van der Waals surface area (Å²) in [6, 6.07) is 24.9. The zero-order valence-electron chi connectivity index (χ0n) is 18.3. The number of carbonyl (C=O) groups is 1. The number of carbonyl (C=O) groups excluding carboxylic acids is 1. The number of nitrogens with zero attached hydrogens (tertiary/aromatic N) is 1. The first-order valence-corrected chi connectivity index (χ1v) is 11.1. The van der Waals surface area contributed by atoms with Gasteiger partial charge in [0.15, 0.2) is 5.76 Å². The first kappa shape index (κ1) is 21.9. The lowest BCUT2D eigenvalue weighted by Crippen LogP contribution is -2.36. The second-order valence-corrected chi connectivity index (χ2v) is 8.22. The molecule has 3 aromatic carbocycles. The van der Waals surface area contributed by atoms with Crippen molar-refractivity contribution in [3.8, 4) is 22.5 Å². The van der Waals surface area contributed by atoms with Gasteiger partial charge in [0.05, 0.1) is 6.20 Å². The number of ether oxygens (including phenoxy) is 1. The summed E-state index contributed by atoms with van der Waals surface area (Å²) in [7, 11) is 0. The van der Waals surface area contributed by atoms with Crippen LogP contribution < -0.4 is 5.32 Å². The van der Waals surface area contributed by atoms with Gasteiger partial charge in [0.25, 0.3) is 0 Å². The fraction of sp³-hybridized carbons (Fsp3) is 0.185. The van der Waals surface area contributed by atoms with Gasteiger partial charge in [-0.25, -0.2) is 4.79 Å². The van der Waals surface area contributed by atoms with E-state index in [1.165, 1.54) is 0 Å². The Hall–Kier alpha value is -3.94. The molecule has 0 fully saturated rings. The molecule has 3 N–H and O–H groups in total. The van der Waals surface area contributed by atoms with Gasteiger partial charge >= 0.3 is 6.09 Å². The van der Waals surface area contributed by atoms with E-state index in [9.17, 15) is 15.0 Å². The van der Waals surface area contributed by atoms with Gasteiger partial charge in [-0.05, 0) is 27.8 Å². The van der Waals surface area contributed by atoms with Crippen molar-refractivity contribution in [2.45, 2.75) is 18.1 Å². The molecule has 0 saturated carbocycles. The van der Waals surface area contributed by atoms with Crippen LogP contribution in [-0.2, 0) is 4.74 Å². The molecule has 5 rings (SSSR count). The van der Waals surface area contributed by atoms with Crippen molar-refractivity contribution < 1.29 is 24.3 Å². The Kier molecular flexibility index (Phi) is 6.12. The van der Waals surface area contributed by atoms with E-state index in [4.69, 9.17) is 9.26 Å². The first-order chi connectivity index (χ1) is 16.6. The van der Waals surface area contributed by atoms with Crippen LogP contribution in [0, 0.1) is 0 Å². The number of hydrogen-bond acceptors (Lipinski definition) is 6. The Bertz CT molecular complexity index is 1220. The molecule has 1 aliphatic carbocycles. The van der Waals surface area contributed by atoms with Gasteiger partial charge in [-0.2, -0.15) is 0 Å². The van der Waals surface area contributed by atoms with E-state index >= 15 is 0 Å². The average molecular weight is 456 g/mol. The van der Waals surface area contributed by atoms with Crippen molar-refractivity contribution in [1.29, 1.82) is 0 Å². The van der Waals surface area contributed by atoms with Gasteiger partial charge in [0.2, 0.25) is 0 Å². The number of amides is 1. The number of aromatic nitrogens is 1. The highest BCUT2D eigenvalue weighted by Gasteiger charge is 2.29. The van der Waals surface area contributed by atoms with E-state index < -0.39 is 18.3 Å². The van der Waals surface area contributed by atoms with Crippen molar-refractivity contribution in [3.63, 3.8) is 0 Å². The molecule has 0 saturated heterocycles. The molecule has 4 aromatic rings. The summed E-state index contributed by atoms with van der Waals surface area (Å²) >= 11 is 0. The Morgan fingerprint density at radius 1 is 0.941 bits per heavy atom. The highest BCUT2D eigenvalue weighted by atomic mass is 16.5.